The van der Waals surface area contributed by atoms with Crippen molar-refractivity contribution < 1.29 is 18.0 Å². The van der Waals surface area contributed by atoms with Crippen LogP contribution >= 0.6 is 0 Å². The third-order valence-corrected chi connectivity index (χ3v) is 2.64. The van der Waals surface area contributed by atoms with Gasteiger partial charge in [-0.3, -0.25) is 4.79 Å². The van der Waals surface area contributed by atoms with Crippen molar-refractivity contribution in [2.75, 3.05) is 18.0 Å². The van der Waals surface area contributed by atoms with Crippen LogP contribution in [0, 0.1) is 17.5 Å². The van der Waals surface area contributed by atoms with Gasteiger partial charge in [-0.1, -0.05) is 0 Å². The highest BCUT2D eigenvalue weighted by Gasteiger charge is 2.21. The van der Waals surface area contributed by atoms with Crippen molar-refractivity contribution in [1.29, 1.82) is 0 Å². The number of ketones is 1. The van der Waals surface area contributed by atoms with E-state index in [0.717, 1.165) is 6.07 Å². The van der Waals surface area contributed by atoms with E-state index in [4.69, 9.17) is 0 Å². The Balaban J connectivity index is 2.29. The van der Waals surface area contributed by atoms with Gasteiger partial charge in [0.05, 0.1) is 5.69 Å². The number of carbonyl (C=O) groups is 1. The Morgan fingerprint density at radius 2 is 1.69 bits per heavy atom. The lowest BCUT2D eigenvalue weighted by Crippen LogP contribution is -2.34. The van der Waals surface area contributed by atoms with Gasteiger partial charge in [-0.05, 0) is 0 Å². The van der Waals surface area contributed by atoms with Crippen molar-refractivity contribution in [2.45, 2.75) is 12.8 Å². The van der Waals surface area contributed by atoms with Crippen LogP contribution in [0.5, 0.6) is 0 Å². The second kappa shape index (κ2) is 4.15. The standard InChI is InChI=1S/C11H10F3NO/c12-7-5-9(13)11(14)10(6-7)15-3-1-8(16)2-4-15/h5-6H,1-4H2. The molecular formula is C11H10F3NO. The molecule has 0 aliphatic carbocycles. The van der Waals surface area contributed by atoms with Crippen LogP contribution < -0.4 is 4.90 Å². The largest absolute Gasteiger partial charge is 0.368 e. The minimum Gasteiger partial charge on any atom is -0.368 e. The molecule has 16 heavy (non-hydrogen) atoms. The number of anilines is 1. The molecule has 0 aromatic heterocycles. The fourth-order valence-electron chi connectivity index (χ4n) is 1.77. The molecule has 86 valence electrons. The summed E-state index contributed by atoms with van der Waals surface area (Å²) in [6, 6.07) is 1.46. The first-order valence-corrected chi connectivity index (χ1v) is 4.99. The molecular weight excluding hydrogens is 219 g/mol. The van der Waals surface area contributed by atoms with Gasteiger partial charge in [-0.2, -0.15) is 0 Å². The van der Waals surface area contributed by atoms with Crippen LogP contribution in [0.15, 0.2) is 12.1 Å². The first-order valence-electron chi connectivity index (χ1n) is 4.99. The molecule has 0 unspecified atom stereocenters. The SMILES string of the molecule is O=C1CCN(c2cc(F)cc(F)c2F)CC1. The third-order valence-electron chi connectivity index (χ3n) is 2.64. The Labute approximate surface area is 90.7 Å². The zero-order valence-corrected chi connectivity index (χ0v) is 8.47. The van der Waals surface area contributed by atoms with Crippen molar-refractivity contribution in [3.63, 3.8) is 0 Å². The summed E-state index contributed by atoms with van der Waals surface area (Å²) in [5, 5.41) is 0. The number of halogens is 3. The lowest BCUT2D eigenvalue weighted by Gasteiger charge is -2.28. The van der Waals surface area contributed by atoms with E-state index in [-0.39, 0.29) is 24.3 Å². The fraction of sp³-hybridized carbons (Fsp3) is 0.364. The van der Waals surface area contributed by atoms with E-state index in [1.165, 1.54) is 4.90 Å². The van der Waals surface area contributed by atoms with Crippen LogP contribution in [-0.4, -0.2) is 18.9 Å². The maximum atomic E-state index is 13.4. The first-order chi connectivity index (χ1) is 7.58. The van der Waals surface area contributed by atoms with E-state index in [9.17, 15) is 18.0 Å². The molecule has 0 spiro atoms. The number of nitrogens with zero attached hydrogens (tertiary/aromatic N) is 1. The van der Waals surface area contributed by atoms with Crippen molar-refractivity contribution >= 4 is 11.5 Å². The summed E-state index contributed by atoms with van der Waals surface area (Å²) in [5.41, 5.74) is -0.106. The van der Waals surface area contributed by atoms with Gasteiger partial charge in [-0.25, -0.2) is 13.2 Å². The lowest BCUT2D eigenvalue weighted by atomic mass is 10.1. The summed E-state index contributed by atoms with van der Waals surface area (Å²) in [7, 11) is 0. The fourth-order valence-corrected chi connectivity index (χ4v) is 1.77. The molecule has 0 atom stereocenters. The van der Waals surface area contributed by atoms with E-state index in [1.54, 1.807) is 0 Å². The van der Waals surface area contributed by atoms with Crippen LogP contribution in [-0.2, 0) is 4.79 Å². The summed E-state index contributed by atoms with van der Waals surface area (Å²) in [5.74, 6) is -2.98. The number of Topliss-reactive ketones (excluding diaryl/α,β-unsaturated/α-hetero) is 1. The third kappa shape index (κ3) is 2.03. The minimum atomic E-state index is -1.20. The number of carbonyl (C=O) groups excluding carboxylic acids is 1. The van der Waals surface area contributed by atoms with Gasteiger partial charge in [0.1, 0.15) is 11.6 Å². The predicted octanol–water partition coefficient (Wildman–Crippen LogP) is 2.27. The summed E-state index contributed by atoms with van der Waals surface area (Å²) in [4.78, 5) is 12.5. The molecule has 1 heterocycles. The normalized spacial score (nSPS) is 16.7. The summed E-state index contributed by atoms with van der Waals surface area (Å²) in [6.45, 7) is 0.608. The molecule has 0 radical (unpaired) electrons. The molecule has 5 heteroatoms. The molecule has 1 fully saturated rings. The molecule has 0 N–H and O–H groups in total. The average Bonchev–Trinajstić information content (AvgIpc) is 2.25. The molecule has 1 aromatic rings. The Bertz CT molecular complexity index is 423. The van der Waals surface area contributed by atoms with Crippen molar-refractivity contribution in [1.82, 2.24) is 0 Å². The van der Waals surface area contributed by atoms with Crippen molar-refractivity contribution in [2.24, 2.45) is 0 Å². The smallest absolute Gasteiger partial charge is 0.182 e. The topological polar surface area (TPSA) is 20.3 Å². The van der Waals surface area contributed by atoms with E-state index in [2.05, 4.69) is 0 Å². The molecule has 0 amide bonds. The van der Waals surface area contributed by atoms with Gasteiger partial charge in [0.15, 0.2) is 11.6 Å². The summed E-state index contributed by atoms with van der Waals surface area (Å²) >= 11 is 0. The maximum absolute atomic E-state index is 13.4. The predicted molar refractivity (Wildman–Crippen MR) is 52.8 cm³/mol. The molecule has 1 aromatic carbocycles. The molecule has 1 aliphatic rings. The molecule has 0 bridgehead atoms. The molecule has 0 saturated carbocycles. The second-order valence-electron chi connectivity index (χ2n) is 3.75. The number of piperidine rings is 1. The van der Waals surface area contributed by atoms with Crippen LogP contribution in [0.1, 0.15) is 12.8 Å². The van der Waals surface area contributed by atoms with E-state index >= 15 is 0 Å². The van der Waals surface area contributed by atoms with Gasteiger partial charge in [0.2, 0.25) is 0 Å². The minimum absolute atomic E-state index is 0.0912. The number of hydrogen-bond acceptors (Lipinski definition) is 2. The highest BCUT2D eigenvalue weighted by atomic mass is 19.2. The Hall–Kier alpha value is -1.52. The van der Waals surface area contributed by atoms with Gasteiger partial charge in [0, 0.05) is 38.1 Å². The zero-order chi connectivity index (χ0) is 11.7. The summed E-state index contributed by atoms with van der Waals surface area (Å²) < 4.78 is 39.3. The van der Waals surface area contributed by atoms with Gasteiger partial charge in [-0.15, -0.1) is 0 Å². The van der Waals surface area contributed by atoms with Gasteiger partial charge >= 0.3 is 0 Å². The van der Waals surface area contributed by atoms with E-state index in [1.807, 2.05) is 0 Å². The highest BCUT2D eigenvalue weighted by Crippen LogP contribution is 2.25. The van der Waals surface area contributed by atoms with Crippen molar-refractivity contribution in [3.05, 3.63) is 29.6 Å². The van der Waals surface area contributed by atoms with Crippen LogP contribution in [0.4, 0.5) is 18.9 Å². The van der Waals surface area contributed by atoms with Gasteiger partial charge < -0.3 is 4.90 Å². The van der Waals surface area contributed by atoms with E-state index < -0.39 is 17.5 Å². The van der Waals surface area contributed by atoms with Gasteiger partial charge in [0.25, 0.3) is 0 Å². The first kappa shape index (κ1) is 11.0. The van der Waals surface area contributed by atoms with Crippen LogP contribution in [0.25, 0.3) is 0 Å². The maximum Gasteiger partial charge on any atom is 0.182 e. The quantitative estimate of drug-likeness (QED) is 0.688. The Morgan fingerprint density at radius 1 is 1.06 bits per heavy atom. The lowest BCUT2D eigenvalue weighted by molar-refractivity contribution is -0.119. The van der Waals surface area contributed by atoms with Crippen LogP contribution in [0.2, 0.25) is 0 Å². The molecule has 1 saturated heterocycles. The molecule has 2 rings (SSSR count). The highest BCUT2D eigenvalue weighted by molar-refractivity contribution is 5.81. The number of rotatable bonds is 1. The number of benzene rings is 1. The van der Waals surface area contributed by atoms with Crippen molar-refractivity contribution in [3.8, 4) is 0 Å². The summed E-state index contributed by atoms with van der Waals surface area (Å²) in [6.07, 6.45) is 0.579. The average molecular weight is 229 g/mol. The Kier molecular flexibility index (Phi) is 2.85. The monoisotopic (exact) mass is 229 g/mol. The van der Waals surface area contributed by atoms with Crippen LogP contribution in [0.3, 0.4) is 0 Å². The number of hydrogen-bond donors (Lipinski definition) is 0. The van der Waals surface area contributed by atoms with E-state index in [0.29, 0.717) is 19.2 Å². The Morgan fingerprint density at radius 3 is 2.31 bits per heavy atom. The molecule has 1 aliphatic heterocycles. The second-order valence-corrected chi connectivity index (χ2v) is 3.75. The molecule has 2 nitrogen and oxygen atoms in total. The zero-order valence-electron chi connectivity index (χ0n) is 8.47.